The standard InChI is InChI=1S/C16H22N4O13/c17-5(1-9(21)22)13(29)18-6(2-10(23)24)14(30)19-7(3-11(25)26)15(31)20-8(16(32)33)4-12(27)28/h5-8H,1-4,17H2,(H,18,29)(H,19,30)(H,20,31)(H,21,22)(H,23,24)(H,25,26)(H,27,28)(H,32,33). The molecule has 0 radical (unpaired) electrons. The van der Waals surface area contributed by atoms with Gasteiger partial charge in [0.05, 0.1) is 31.7 Å². The van der Waals surface area contributed by atoms with Crippen LogP contribution in [0, 0.1) is 0 Å². The SMILES string of the molecule is NC(CC(=O)O)C(=O)NC(CC(=O)O)C(=O)NC(CC(=O)O)C(=O)NC(CC(=O)O)C(=O)O. The van der Waals surface area contributed by atoms with Crippen LogP contribution in [0.5, 0.6) is 0 Å². The lowest BCUT2D eigenvalue weighted by Gasteiger charge is -2.23. The lowest BCUT2D eigenvalue weighted by molar-refractivity contribution is -0.148. The van der Waals surface area contributed by atoms with Gasteiger partial charge >= 0.3 is 29.8 Å². The Hall–Kier alpha value is -4.28. The zero-order valence-corrected chi connectivity index (χ0v) is 16.7. The Bertz CT molecular complexity index is 827. The largest absolute Gasteiger partial charge is 0.481 e. The molecule has 0 aromatic carbocycles. The van der Waals surface area contributed by atoms with Gasteiger partial charge in [0.25, 0.3) is 0 Å². The van der Waals surface area contributed by atoms with Crippen molar-refractivity contribution in [2.45, 2.75) is 49.9 Å². The first-order chi connectivity index (χ1) is 15.1. The molecule has 0 aromatic rings. The fourth-order valence-corrected chi connectivity index (χ4v) is 2.25. The van der Waals surface area contributed by atoms with Crippen molar-refractivity contribution in [3.8, 4) is 0 Å². The maximum atomic E-state index is 12.4. The lowest BCUT2D eigenvalue weighted by Crippen LogP contribution is -2.58. The number of carbonyl (C=O) groups excluding carboxylic acids is 3. The Labute approximate surface area is 183 Å². The number of carboxylic acids is 5. The number of amides is 3. The highest BCUT2D eigenvalue weighted by Crippen LogP contribution is 2.02. The molecule has 10 N–H and O–H groups in total. The lowest BCUT2D eigenvalue weighted by atomic mass is 10.1. The number of rotatable bonds is 15. The summed E-state index contributed by atoms with van der Waals surface area (Å²) < 4.78 is 0. The second-order valence-electron chi connectivity index (χ2n) is 6.52. The number of carboxylic acid groups (broad SMARTS) is 5. The number of hydrogen-bond donors (Lipinski definition) is 9. The third-order valence-corrected chi connectivity index (χ3v) is 3.75. The van der Waals surface area contributed by atoms with Gasteiger partial charge in [0.1, 0.15) is 18.1 Å². The predicted molar refractivity (Wildman–Crippen MR) is 100 cm³/mol. The molecular formula is C16H22N4O13. The Morgan fingerprint density at radius 1 is 0.515 bits per heavy atom. The highest BCUT2D eigenvalue weighted by molar-refractivity contribution is 5.97. The minimum Gasteiger partial charge on any atom is -0.481 e. The van der Waals surface area contributed by atoms with Crippen LogP contribution in [0.4, 0.5) is 0 Å². The Morgan fingerprint density at radius 2 is 0.818 bits per heavy atom. The first-order valence-electron chi connectivity index (χ1n) is 8.90. The van der Waals surface area contributed by atoms with Gasteiger partial charge in [-0.1, -0.05) is 0 Å². The number of carbonyl (C=O) groups is 8. The minimum absolute atomic E-state index is 0.864. The summed E-state index contributed by atoms with van der Waals surface area (Å²) in [6, 6.07) is -7.57. The predicted octanol–water partition coefficient (Wildman–Crippen LogP) is -4.25. The molecular weight excluding hydrogens is 456 g/mol. The van der Waals surface area contributed by atoms with Gasteiger partial charge in [-0.2, -0.15) is 0 Å². The molecule has 0 rings (SSSR count). The van der Waals surface area contributed by atoms with E-state index in [0.717, 1.165) is 0 Å². The number of hydrogen-bond acceptors (Lipinski definition) is 9. The van der Waals surface area contributed by atoms with E-state index in [1.54, 1.807) is 5.32 Å². The van der Waals surface area contributed by atoms with Crippen molar-refractivity contribution < 1.29 is 63.9 Å². The molecule has 4 unspecified atom stereocenters. The van der Waals surface area contributed by atoms with E-state index in [0.29, 0.717) is 0 Å². The second kappa shape index (κ2) is 13.2. The van der Waals surface area contributed by atoms with Gasteiger partial charge in [-0.15, -0.1) is 0 Å². The summed E-state index contributed by atoms with van der Waals surface area (Å²) in [5.74, 6) is -12.1. The average Bonchev–Trinajstić information content (AvgIpc) is 2.64. The summed E-state index contributed by atoms with van der Waals surface area (Å²) in [6.07, 6.45) is -4.13. The molecule has 0 aromatic heterocycles. The van der Waals surface area contributed by atoms with E-state index in [9.17, 15) is 38.4 Å². The van der Waals surface area contributed by atoms with Gasteiger partial charge in [-0.25, -0.2) is 4.79 Å². The van der Waals surface area contributed by atoms with Crippen molar-refractivity contribution in [3.05, 3.63) is 0 Å². The quantitative estimate of drug-likeness (QED) is 0.108. The molecule has 17 nitrogen and oxygen atoms in total. The van der Waals surface area contributed by atoms with Crippen LogP contribution in [-0.4, -0.2) is 97.3 Å². The molecule has 3 amide bonds. The number of aliphatic carboxylic acids is 5. The molecule has 33 heavy (non-hydrogen) atoms. The maximum absolute atomic E-state index is 12.4. The van der Waals surface area contributed by atoms with Gasteiger partial charge < -0.3 is 47.2 Å². The fraction of sp³-hybridized carbons (Fsp3) is 0.500. The topological polar surface area (TPSA) is 300 Å². The van der Waals surface area contributed by atoms with E-state index in [1.807, 2.05) is 10.6 Å². The van der Waals surface area contributed by atoms with E-state index in [2.05, 4.69) is 0 Å². The van der Waals surface area contributed by atoms with Crippen LogP contribution in [-0.2, 0) is 38.4 Å². The highest BCUT2D eigenvalue weighted by Gasteiger charge is 2.33. The molecule has 0 saturated carbocycles. The fourth-order valence-electron chi connectivity index (χ4n) is 2.25. The maximum Gasteiger partial charge on any atom is 0.326 e. The molecule has 0 aliphatic carbocycles. The zero-order chi connectivity index (χ0) is 25.9. The van der Waals surface area contributed by atoms with E-state index in [4.69, 9.17) is 31.3 Å². The third kappa shape index (κ3) is 11.6. The monoisotopic (exact) mass is 478 g/mol. The van der Waals surface area contributed by atoms with Crippen LogP contribution in [0.2, 0.25) is 0 Å². The number of nitrogens with two attached hydrogens (primary N) is 1. The van der Waals surface area contributed by atoms with E-state index in [1.165, 1.54) is 0 Å². The Balaban J connectivity index is 5.58. The van der Waals surface area contributed by atoms with Crippen LogP contribution in [0.15, 0.2) is 0 Å². The highest BCUT2D eigenvalue weighted by atomic mass is 16.4. The Morgan fingerprint density at radius 3 is 1.15 bits per heavy atom. The summed E-state index contributed by atoms with van der Waals surface area (Å²) in [5.41, 5.74) is 5.32. The summed E-state index contributed by atoms with van der Waals surface area (Å²) in [5, 5.41) is 49.6. The van der Waals surface area contributed by atoms with Crippen LogP contribution >= 0.6 is 0 Å². The summed E-state index contributed by atoms with van der Waals surface area (Å²) >= 11 is 0. The molecule has 184 valence electrons. The minimum atomic E-state index is -1.99. The molecule has 0 fully saturated rings. The average molecular weight is 478 g/mol. The molecule has 4 atom stereocenters. The van der Waals surface area contributed by atoms with Gasteiger partial charge in [0.15, 0.2) is 0 Å². The van der Waals surface area contributed by atoms with Gasteiger partial charge in [-0.3, -0.25) is 33.6 Å². The smallest absolute Gasteiger partial charge is 0.326 e. The Kier molecular flexibility index (Phi) is 11.5. The van der Waals surface area contributed by atoms with Crippen LogP contribution in [0.25, 0.3) is 0 Å². The van der Waals surface area contributed by atoms with Gasteiger partial charge in [0.2, 0.25) is 17.7 Å². The molecule has 0 aliphatic rings. The first kappa shape index (κ1) is 28.7. The molecule has 0 heterocycles. The van der Waals surface area contributed by atoms with Gasteiger partial charge in [0, 0.05) is 0 Å². The van der Waals surface area contributed by atoms with Crippen LogP contribution in [0.3, 0.4) is 0 Å². The molecule has 0 saturated heterocycles. The van der Waals surface area contributed by atoms with E-state index in [-0.39, 0.29) is 0 Å². The van der Waals surface area contributed by atoms with Crippen molar-refractivity contribution in [1.29, 1.82) is 0 Å². The van der Waals surface area contributed by atoms with E-state index < -0.39 is 97.4 Å². The second-order valence-corrected chi connectivity index (χ2v) is 6.52. The van der Waals surface area contributed by atoms with Crippen molar-refractivity contribution in [3.63, 3.8) is 0 Å². The van der Waals surface area contributed by atoms with Crippen molar-refractivity contribution in [2.24, 2.45) is 5.73 Å². The molecule has 0 spiro atoms. The molecule has 17 heteroatoms. The number of nitrogens with one attached hydrogen (secondary N) is 3. The van der Waals surface area contributed by atoms with Crippen molar-refractivity contribution >= 4 is 47.6 Å². The zero-order valence-electron chi connectivity index (χ0n) is 16.7. The van der Waals surface area contributed by atoms with Crippen LogP contribution in [0.1, 0.15) is 25.7 Å². The van der Waals surface area contributed by atoms with E-state index >= 15 is 0 Å². The third-order valence-electron chi connectivity index (χ3n) is 3.75. The first-order valence-corrected chi connectivity index (χ1v) is 8.90. The van der Waals surface area contributed by atoms with Crippen molar-refractivity contribution in [1.82, 2.24) is 16.0 Å². The summed E-state index contributed by atoms with van der Waals surface area (Å²) in [4.78, 5) is 91.1. The molecule has 0 bridgehead atoms. The van der Waals surface area contributed by atoms with Gasteiger partial charge in [-0.05, 0) is 0 Å². The normalized spacial score (nSPS) is 14.0. The van der Waals surface area contributed by atoms with Crippen molar-refractivity contribution in [2.75, 3.05) is 0 Å². The summed E-state index contributed by atoms with van der Waals surface area (Å²) in [6.45, 7) is 0. The molecule has 0 aliphatic heterocycles. The van der Waals surface area contributed by atoms with Crippen LogP contribution < -0.4 is 21.7 Å². The summed E-state index contributed by atoms with van der Waals surface area (Å²) in [7, 11) is 0.